The van der Waals surface area contributed by atoms with Crippen LogP contribution in [-0.4, -0.2) is 73.2 Å². The minimum absolute atomic E-state index is 0.00548. The zero-order valence-electron chi connectivity index (χ0n) is 21.0. The monoisotopic (exact) mass is 498 g/mol. The Morgan fingerprint density at radius 2 is 1.56 bits per heavy atom. The van der Waals surface area contributed by atoms with Crippen molar-refractivity contribution in [1.29, 1.82) is 0 Å². The van der Waals surface area contributed by atoms with Crippen LogP contribution in [-0.2, 0) is 19.0 Å². The number of fused-ring (bicyclic) bond motifs is 3. The van der Waals surface area contributed by atoms with Gasteiger partial charge >= 0.3 is 18.2 Å². The summed E-state index contributed by atoms with van der Waals surface area (Å²) < 4.78 is 16.3. The largest absolute Gasteiger partial charge is 0.481 e. The lowest BCUT2D eigenvalue weighted by Crippen LogP contribution is -2.37. The summed E-state index contributed by atoms with van der Waals surface area (Å²) in [6.45, 7) is 6.28. The van der Waals surface area contributed by atoms with E-state index < -0.39 is 23.8 Å². The third-order valence-corrected chi connectivity index (χ3v) is 5.61. The van der Waals surface area contributed by atoms with Crippen molar-refractivity contribution in [3.05, 3.63) is 59.7 Å². The molecule has 0 unspecified atom stereocenters. The highest BCUT2D eigenvalue weighted by Gasteiger charge is 2.29. The summed E-state index contributed by atoms with van der Waals surface area (Å²) >= 11 is 0. The number of carbonyl (C=O) groups excluding carboxylic acids is 2. The second kappa shape index (κ2) is 12.4. The highest BCUT2D eigenvalue weighted by molar-refractivity contribution is 5.79. The summed E-state index contributed by atoms with van der Waals surface area (Å²) in [7, 11) is 0. The van der Waals surface area contributed by atoms with Gasteiger partial charge in [-0.15, -0.1) is 0 Å². The molecule has 0 atom stereocenters. The van der Waals surface area contributed by atoms with E-state index in [0.717, 1.165) is 22.3 Å². The molecule has 0 fully saturated rings. The van der Waals surface area contributed by atoms with E-state index in [0.29, 0.717) is 0 Å². The van der Waals surface area contributed by atoms with E-state index in [-0.39, 0.29) is 51.8 Å². The third-order valence-electron chi connectivity index (χ3n) is 5.61. The molecule has 2 aromatic carbocycles. The van der Waals surface area contributed by atoms with Crippen molar-refractivity contribution in [2.45, 2.75) is 38.7 Å². The van der Waals surface area contributed by atoms with Crippen LogP contribution in [0.3, 0.4) is 0 Å². The lowest BCUT2D eigenvalue weighted by atomic mass is 9.98. The van der Waals surface area contributed by atoms with Gasteiger partial charge in [0.1, 0.15) is 12.2 Å². The fraction of sp³-hybridized carbons (Fsp3) is 0.444. The topological polar surface area (TPSA) is 114 Å². The number of aliphatic carboxylic acids is 1. The Kier molecular flexibility index (Phi) is 9.30. The summed E-state index contributed by atoms with van der Waals surface area (Å²) in [5.41, 5.74) is 3.88. The van der Waals surface area contributed by atoms with Crippen LogP contribution in [0, 0.1) is 0 Å². The van der Waals surface area contributed by atoms with E-state index in [2.05, 4.69) is 17.4 Å². The van der Waals surface area contributed by atoms with Gasteiger partial charge in [0.2, 0.25) is 0 Å². The fourth-order valence-corrected chi connectivity index (χ4v) is 4.03. The van der Waals surface area contributed by atoms with Crippen molar-refractivity contribution < 1.29 is 33.7 Å². The summed E-state index contributed by atoms with van der Waals surface area (Å²) in [5, 5.41) is 11.7. The Labute approximate surface area is 211 Å². The first-order valence-electron chi connectivity index (χ1n) is 12.0. The first kappa shape index (κ1) is 27.0. The first-order valence-corrected chi connectivity index (χ1v) is 12.0. The summed E-state index contributed by atoms with van der Waals surface area (Å²) in [4.78, 5) is 36.9. The lowest BCUT2D eigenvalue weighted by Gasteiger charge is -2.23. The lowest BCUT2D eigenvalue weighted by molar-refractivity contribution is -0.137. The van der Waals surface area contributed by atoms with Crippen molar-refractivity contribution in [2.75, 3.05) is 39.5 Å². The van der Waals surface area contributed by atoms with Gasteiger partial charge in [-0.05, 0) is 43.0 Å². The van der Waals surface area contributed by atoms with Crippen LogP contribution in [0.4, 0.5) is 9.59 Å². The number of alkyl carbamates (subject to hydrolysis) is 1. The highest BCUT2D eigenvalue weighted by atomic mass is 16.6. The molecule has 3 rings (SSSR count). The van der Waals surface area contributed by atoms with E-state index in [1.807, 2.05) is 36.4 Å². The van der Waals surface area contributed by atoms with E-state index >= 15 is 0 Å². The molecule has 36 heavy (non-hydrogen) atoms. The van der Waals surface area contributed by atoms with Gasteiger partial charge in [0.25, 0.3) is 0 Å². The van der Waals surface area contributed by atoms with Gasteiger partial charge in [-0.3, -0.25) is 4.79 Å². The number of carboxylic acids is 1. The Balaban J connectivity index is 1.50. The molecule has 0 aromatic heterocycles. The van der Waals surface area contributed by atoms with Crippen molar-refractivity contribution in [2.24, 2.45) is 0 Å². The minimum Gasteiger partial charge on any atom is -0.481 e. The number of benzene rings is 2. The molecular weight excluding hydrogens is 464 g/mol. The second-order valence-electron chi connectivity index (χ2n) is 9.48. The van der Waals surface area contributed by atoms with Crippen molar-refractivity contribution in [1.82, 2.24) is 10.2 Å². The molecule has 9 heteroatoms. The van der Waals surface area contributed by atoms with Gasteiger partial charge in [-0.25, -0.2) is 9.59 Å². The van der Waals surface area contributed by atoms with Crippen LogP contribution in [0.2, 0.25) is 0 Å². The predicted molar refractivity (Wildman–Crippen MR) is 134 cm³/mol. The number of ether oxygens (including phenoxy) is 3. The van der Waals surface area contributed by atoms with Crippen LogP contribution < -0.4 is 5.32 Å². The number of nitrogens with one attached hydrogen (secondary N) is 1. The van der Waals surface area contributed by atoms with Crippen LogP contribution in [0.5, 0.6) is 0 Å². The van der Waals surface area contributed by atoms with Crippen LogP contribution in [0.1, 0.15) is 44.2 Å². The van der Waals surface area contributed by atoms with Gasteiger partial charge in [-0.2, -0.15) is 0 Å². The van der Waals surface area contributed by atoms with Gasteiger partial charge in [0.15, 0.2) is 0 Å². The zero-order chi connectivity index (χ0) is 26.1. The molecule has 0 aliphatic heterocycles. The summed E-state index contributed by atoms with van der Waals surface area (Å²) in [6, 6.07) is 16.1. The Morgan fingerprint density at radius 1 is 0.944 bits per heavy atom. The van der Waals surface area contributed by atoms with Crippen molar-refractivity contribution >= 4 is 18.2 Å². The van der Waals surface area contributed by atoms with Gasteiger partial charge in [0.05, 0.1) is 19.6 Å². The second-order valence-corrected chi connectivity index (χ2v) is 9.48. The minimum atomic E-state index is -1.01. The summed E-state index contributed by atoms with van der Waals surface area (Å²) in [6.07, 6.45) is -1.33. The van der Waals surface area contributed by atoms with Gasteiger partial charge < -0.3 is 29.5 Å². The highest BCUT2D eigenvalue weighted by Crippen LogP contribution is 2.44. The molecule has 0 heterocycles. The molecule has 0 saturated heterocycles. The molecule has 0 bridgehead atoms. The molecule has 1 aliphatic carbocycles. The molecule has 2 aromatic rings. The normalized spacial score (nSPS) is 12.4. The maximum atomic E-state index is 12.9. The molecule has 2 amide bonds. The number of rotatable bonds is 11. The average molecular weight is 499 g/mol. The van der Waals surface area contributed by atoms with E-state index in [1.54, 1.807) is 20.8 Å². The SMILES string of the molecule is CC(C)(C)OC(=O)NCCOCCN(CCC(=O)O)C(=O)OCC1c2ccccc2-c2ccccc21. The molecular formula is C27H34N2O7. The van der Waals surface area contributed by atoms with Crippen molar-refractivity contribution in [3.63, 3.8) is 0 Å². The average Bonchev–Trinajstić information content (AvgIpc) is 3.14. The zero-order valence-corrected chi connectivity index (χ0v) is 21.0. The molecule has 194 valence electrons. The number of carbonyl (C=O) groups is 3. The number of hydrogen-bond acceptors (Lipinski definition) is 6. The maximum Gasteiger partial charge on any atom is 0.409 e. The van der Waals surface area contributed by atoms with E-state index in [1.165, 1.54) is 4.90 Å². The number of carboxylic acid groups (broad SMARTS) is 1. The van der Waals surface area contributed by atoms with Crippen LogP contribution >= 0.6 is 0 Å². The summed E-state index contributed by atoms with van der Waals surface area (Å²) in [5.74, 6) is -1.09. The standard InChI is InChI=1S/C27H34N2O7/c1-27(2,3)36-25(32)28-13-16-34-17-15-29(14-12-24(30)31)26(33)35-18-23-21-10-6-4-8-19(21)20-9-5-7-11-22(20)23/h4-11,23H,12-18H2,1-3H3,(H,28,32)(H,30,31). The third kappa shape index (κ3) is 7.71. The van der Waals surface area contributed by atoms with Crippen LogP contribution in [0.15, 0.2) is 48.5 Å². The smallest absolute Gasteiger partial charge is 0.409 e. The fourth-order valence-electron chi connectivity index (χ4n) is 4.03. The molecule has 2 N–H and O–H groups in total. The van der Waals surface area contributed by atoms with Gasteiger partial charge in [-0.1, -0.05) is 48.5 Å². The molecule has 0 saturated carbocycles. The molecule has 9 nitrogen and oxygen atoms in total. The number of nitrogens with zero attached hydrogens (tertiary/aromatic N) is 1. The predicted octanol–water partition coefficient (Wildman–Crippen LogP) is 4.25. The maximum absolute atomic E-state index is 12.9. The van der Waals surface area contributed by atoms with E-state index in [4.69, 9.17) is 19.3 Å². The first-order chi connectivity index (χ1) is 17.2. The van der Waals surface area contributed by atoms with Gasteiger partial charge in [0, 0.05) is 25.6 Å². The number of hydrogen-bond donors (Lipinski definition) is 2. The molecule has 0 spiro atoms. The van der Waals surface area contributed by atoms with E-state index in [9.17, 15) is 14.4 Å². The van der Waals surface area contributed by atoms with Crippen LogP contribution in [0.25, 0.3) is 11.1 Å². The Hall–Kier alpha value is -3.59. The quantitative estimate of drug-likeness (QED) is 0.445. The molecule has 0 radical (unpaired) electrons. The Bertz CT molecular complexity index is 1020. The number of amides is 2. The molecule has 1 aliphatic rings. The Morgan fingerprint density at radius 3 is 2.14 bits per heavy atom. The van der Waals surface area contributed by atoms with Crippen molar-refractivity contribution in [3.8, 4) is 11.1 Å².